The highest BCUT2D eigenvalue weighted by molar-refractivity contribution is 5.88. The first-order valence-electron chi connectivity index (χ1n) is 8.49. The van der Waals surface area contributed by atoms with Crippen LogP contribution < -0.4 is 5.32 Å². The normalized spacial score (nSPS) is 26.3. The maximum absolute atomic E-state index is 9.59. The highest BCUT2D eigenvalue weighted by Gasteiger charge is 2.39. The molecule has 3 N–H and O–H groups in total. The van der Waals surface area contributed by atoms with Crippen LogP contribution in [-0.4, -0.2) is 10.9 Å². The summed E-state index contributed by atoms with van der Waals surface area (Å²) < 4.78 is 0. The summed E-state index contributed by atoms with van der Waals surface area (Å²) in [5, 5.41) is 15.7. The number of nitrogens with zero attached hydrogens (tertiary/aromatic N) is 1. The predicted octanol–water partition coefficient (Wildman–Crippen LogP) is 3.68. The quantitative estimate of drug-likeness (QED) is 0.657. The minimum Gasteiger partial charge on any atom is -0.411 e. The van der Waals surface area contributed by atoms with Crippen LogP contribution in [-0.2, 0) is 0 Å². The van der Waals surface area contributed by atoms with Crippen LogP contribution >= 0.6 is 0 Å². The fraction of sp³-hybridized carbons (Fsp3) is 0.350. The molecular formula is C20H25N2O+. The average molecular weight is 309 g/mol. The first kappa shape index (κ1) is 15.8. The largest absolute Gasteiger partial charge is 0.411 e. The smallest absolute Gasteiger partial charge is 0.120 e. The van der Waals surface area contributed by atoms with Gasteiger partial charge in [-0.1, -0.05) is 79.2 Å². The van der Waals surface area contributed by atoms with Crippen molar-refractivity contribution in [3.63, 3.8) is 0 Å². The van der Waals surface area contributed by atoms with Crippen LogP contribution in [0.4, 0.5) is 0 Å². The molecule has 23 heavy (non-hydrogen) atoms. The van der Waals surface area contributed by atoms with Gasteiger partial charge in [-0.05, 0) is 6.42 Å². The van der Waals surface area contributed by atoms with E-state index in [0.29, 0.717) is 18.0 Å². The SMILES string of the molecule is CCC[C@H]1/C(=N\O)C[C@@H](c2ccccc2)[NH2+][C@@H]1c1ccccc1. The number of hydrogen-bond acceptors (Lipinski definition) is 2. The summed E-state index contributed by atoms with van der Waals surface area (Å²) in [6.07, 6.45) is 2.96. The van der Waals surface area contributed by atoms with E-state index in [4.69, 9.17) is 0 Å². The third-order valence-electron chi connectivity index (χ3n) is 4.87. The molecule has 2 aromatic carbocycles. The first-order chi connectivity index (χ1) is 11.3. The van der Waals surface area contributed by atoms with Gasteiger partial charge in [0, 0.05) is 17.5 Å². The second-order valence-electron chi connectivity index (χ2n) is 6.34. The molecule has 3 heteroatoms. The lowest BCUT2D eigenvalue weighted by Gasteiger charge is -2.35. The fourth-order valence-electron chi connectivity index (χ4n) is 3.76. The summed E-state index contributed by atoms with van der Waals surface area (Å²) in [7, 11) is 0. The Labute approximate surface area is 138 Å². The van der Waals surface area contributed by atoms with Crippen molar-refractivity contribution in [1.29, 1.82) is 0 Å². The Balaban J connectivity index is 1.95. The monoisotopic (exact) mass is 309 g/mol. The Kier molecular flexibility index (Phi) is 5.09. The molecule has 1 aliphatic rings. The maximum Gasteiger partial charge on any atom is 0.120 e. The van der Waals surface area contributed by atoms with Gasteiger partial charge in [0.05, 0.1) is 11.6 Å². The van der Waals surface area contributed by atoms with Gasteiger partial charge in [0.2, 0.25) is 0 Å². The molecule has 0 spiro atoms. The topological polar surface area (TPSA) is 49.2 Å². The standard InChI is InChI=1S/C20H24N2O/c1-2-9-17-19(22-23)14-18(15-10-5-3-6-11-15)21-20(17)16-12-7-4-8-13-16/h3-8,10-13,17-18,20-21,23H,2,9,14H2,1H3/p+1/b22-19-/t17-,18-,20+/m0/s1. The number of hydrogen-bond donors (Lipinski definition) is 2. The zero-order valence-electron chi connectivity index (χ0n) is 13.6. The van der Waals surface area contributed by atoms with E-state index in [1.807, 2.05) is 6.07 Å². The molecule has 3 nitrogen and oxygen atoms in total. The summed E-state index contributed by atoms with van der Waals surface area (Å²) in [6.45, 7) is 2.19. The Hall–Kier alpha value is -2.13. The van der Waals surface area contributed by atoms with Crippen LogP contribution in [0.15, 0.2) is 65.8 Å². The maximum atomic E-state index is 9.59. The molecule has 0 aliphatic carbocycles. The minimum atomic E-state index is 0.298. The van der Waals surface area contributed by atoms with Gasteiger partial charge in [-0.2, -0.15) is 0 Å². The van der Waals surface area contributed by atoms with Crippen molar-refractivity contribution in [2.24, 2.45) is 11.1 Å². The van der Waals surface area contributed by atoms with Crippen LogP contribution in [0.3, 0.4) is 0 Å². The molecule has 0 unspecified atom stereocenters. The van der Waals surface area contributed by atoms with E-state index in [9.17, 15) is 5.21 Å². The molecule has 0 amide bonds. The molecule has 0 bridgehead atoms. The molecule has 1 fully saturated rings. The molecular weight excluding hydrogens is 284 g/mol. The average Bonchev–Trinajstić information content (AvgIpc) is 2.63. The molecule has 1 saturated heterocycles. The summed E-state index contributed by atoms with van der Waals surface area (Å²) in [5.74, 6) is 0.298. The van der Waals surface area contributed by atoms with Gasteiger partial charge in [0.15, 0.2) is 0 Å². The molecule has 3 rings (SSSR count). The Morgan fingerprint density at radius 3 is 2.17 bits per heavy atom. The number of quaternary nitrogens is 1. The lowest BCUT2D eigenvalue weighted by molar-refractivity contribution is -0.742. The molecule has 0 radical (unpaired) electrons. The first-order valence-corrected chi connectivity index (χ1v) is 8.49. The Bertz CT molecular complexity index is 639. The van der Waals surface area contributed by atoms with E-state index in [1.165, 1.54) is 11.1 Å². The van der Waals surface area contributed by atoms with Crippen molar-refractivity contribution in [2.45, 2.75) is 38.3 Å². The van der Waals surface area contributed by atoms with Gasteiger partial charge in [0.25, 0.3) is 0 Å². The number of nitrogens with two attached hydrogens (primary N) is 1. The highest BCUT2D eigenvalue weighted by atomic mass is 16.4. The van der Waals surface area contributed by atoms with Crippen molar-refractivity contribution in [3.05, 3.63) is 71.8 Å². The number of rotatable bonds is 4. The van der Waals surface area contributed by atoms with Crippen molar-refractivity contribution < 1.29 is 10.5 Å². The van der Waals surface area contributed by atoms with Gasteiger partial charge >= 0.3 is 0 Å². The van der Waals surface area contributed by atoms with Gasteiger partial charge in [0.1, 0.15) is 12.1 Å². The number of piperidine rings is 1. The van der Waals surface area contributed by atoms with Crippen molar-refractivity contribution in [3.8, 4) is 0 Å². The molecule has 0 aromatic heterocycles. The van der Waals surface area contributed by atoms with Gasteiger partial charge in [-0.15, -0.1) is 0 Å². The molecule has 0 saturated carbocycles. The van der Waals surface area contributed by atoms with E-state index >= 15 is 0 Å². The predicted molar refractivity (Wildman–Crippen MR) is 92.5 cm³/mol. The molecule has 3 atom stereocenters. The zero-order chi connectivity index (χ0) is 16.1. The Morgan fingerprint density at radius 1 is 1.00 bits per heavy atom. The zero-order valence-corrected chi connectivity index (χ0v) is 13.6. The fourth-order valence-corrected chi connectivity index (χ4v) is 3.76. The van der Waals surface area contributed by atoms with Gasteiger partial charge < -0.3 is 10.5 Å². The molecule has 1 aliphatic heterocycles. The van der Waals surface area contributed by atoms with E-state index in [1.54, 1.807) is 0 Å². The summed E-state index contributed by atoms with van der Waals surface area (Å²) >= 11 is 0. The molecule has 2 aromatic rings. The summed E-state index contributed by atoms with van der Waals surface area (Å²) in [6, 6.07) is 21.8. The summed E-state index contributed by atoms with van der Waals surface area (Å²) in [4.78, 5) is 0. The highest BCUT2D eigenvalue weighted by Crippen LogP contribution is 2.32. The second kappa shape index (κ2) is 7.42. The van der Waals surface area contributed by atoms with Crippen LogP contribution in [0.1, 0.15) is 49.4 Å². The van der Waals surface area contributed by atoms with E-state index in [0.717, 1.165) is 25.0 Å². The van der Waals surface area contributed by atoms with Gasteiger partial charge in [-0.3, -0.25) is 0 Å². The van der Waals surface area contributed by atoms with Crippen molar-refractivity contribution in [2.75, 3.05) is 0 Å². The van der Waals surface area contributed by atoms with Crippen molar-refractivity contribution >= 4 is 5.71 Å². The van der Waals surface area contributed by atoms with Crippen LogP contribution in [0.2, 0.25) is 0 Å². The summed E-state index contributed by atoms with van der Waals surface area (Å²) in [5.41, 5.74) is 3.55. The van der Waals surface area contributed by atoms with E-state index in [-0.39, 0.29) is 0 Å². The third kappa shape index (κ3) is 3.45. The van der Waals surface area contributed by atoms with Crippen LogP contribution in [0, 0.1) is 5.92 Å². The molecule has 1 heterocycles. The lowest BCUT2D eigenvalue weighted by Crippen LogP contribution is -2.90. The van der Waals surface area contributed by atoms with Crippen LogP contribution in [0.25, 0.3) is 0 Å². The lowest BCUT2D eigenvalue weighted by atomic mass is 9.78. The van der Waals surface area contributed by atoms with Gasteiger partial charge in [-0.25, -0.2) is 0 Å². The Morgan fingerprint density at radius 2 is 1.61 bits per heavy atom. The minimum absolute atomic E-state index is 0.298. The molecule has 120 valence electrons. The van der Waals surface area contributed by atoms with Crippen LogP contribution in [0.5, 0.6) is 0 Å². The third-order valence-corrected chi connectivity index (χ3v) is 4.87. The number of oxime groups is 1. The van der Waals surface area contributed by atoms with E-state index < -0.39 is 0 Å². The second-order valence-corrected chi connectivity index (χ2v) is 6.34. The number of benzene rings is 2. The van der Waals surface area contributed by atoms with Crippen molar-refractivity contribution in [1.82, 2.24) is 0 Å². The van der Waals surface area contributed by atoms with E-state index in [2.05, 4.69) is 72.0 Å².